The molecule has 0 aromatic rings. The number of carbonyl (C=O) groups is 3. The molecule has 8 N–H and O–H groups in total. The van der Waals surface area contributed by atoms with Crippen LogP contribution in [0.3, 0.4) is 0 Å². The van der Waals surface area contributed by atoms with Gasteiger partial charge in [0.2, 0.25) is 11.8 Å². The summed E-state index contributed by atoms with van der Waals surface area (Å²) in [6.07, 6.45) is 13.5. The van der Waals surface area contributed by atoms with E-state index in [0.29, 0.717) is 45.2 Å². The van der Waals surface area contributed by atoms with E-state index in [2.05, 4.69) is 22.5 Å². The van der Waals surface area contributed by atoms with Crippen molar-refractivity contribution in [3.8, 4) is 0 Å². The van der Waals surface area contributed by atoms with E-state index in [1.54, 1.807) is 0 Å². The van der Waals surface area contributed by atoms with E-state index >= 15 is 0 Å². The van der Waals surface area contributed by atoms with Crippen LogP contribution in [0.2, 0.25) is 0 Å². The van der Waals surface area contributed by atoms with Gasteiger partial charge in [-0.1, -0.05) is 58.3 Å². The van der Waals surface area contributed by atoms with E-state index < -0.39 is 24.0 Å². The van der Waals surface area contributed by atoms with Crippen LogP contribution in [0.1, 0.15) is 103 Å². The fourth-order valence-corrected chi connectivity index (χ4v) is 3.79. The van der Waals surface area contributed by atoms with Gasteiger partial charge in [-0.2, -0.15) is 0 Å². The molecule has 0 spiro atoms. The number of amides is 2. The third-order valence-electron chi connectivity index (χ3n) is 5.85. The molecule has 10 nitrogen and oxygen atoms in total. The highest BCUT2D eigenvalue weighted by atomic mass is 16.5. The minimum Gasteiger partial charge on any atom is -0.467 e. The zero-order chi connectivity index (χ0) is 26.3. The molecule has 10 heteroatoms. The van der Waals surface area contributed by atoms with Crippen LogP contribution in [0.5, 0.6) is 0 Å². The normalized spacial score (nSPS) is 12.4. The molecule has 0 aromatic heterocycles. The average molecular weight is 499 g/mol. The van der Waals surface area contributed by atoms with Crippen LogP contribution >= 0.6 is 0 Å². The molecule has 0 aromatic carbocycles. The van der Waals surface area contributed by atoms with Crippen LogP contribution in [0, 0.1) is 0 Å². The highest BCUT2D eigenvalue weighted by molar-refractivity contribution is 5.90. The number of nitrogens with one attached hydrogen (secondary N) is 2. The summed E-state index contributed by atoms with van der Waals surface area (Å²) in [5.74, 6) is -1.13. The molecule has 0 heterocycles. The summed E-state index contributed by atoms with van der Waals surface area (Å²) in [5, 5.41) is 5.56. The molecule has 0 bridgehead atoms. The molecule has 2 atom stereocenters. The predicted molar refractivity (Wildman–Crippen MR) is 141 cm³/mol. The summed E-state index contributed by atoms with van der Waals surface area (Å²) in [4.78, 5) is 41.5. The first-order chi connectivity index (χ1) is 16.8. The second-order valence-electron chi connectivity index (χ2n) is 9.02. The number of nitrogens with two attached hydrogens (primary N) is 3. The number of hydrogen-bond acceptors (Lipinski definition) is 6. The molecule has 0 radical (unpaired) electrons. The van der Waals surface area contributed by atoms with Gasteiger partial charge in [-0.15, -0.1) is 0 Å². The number of unbranched alkanes of at least 4 members (excludes halogenated alkanes) is 9. The minimum absolute atomic E-state index is 0.0222. The van der Waals surface area contributed by atoms with Gasteiger partial charge in [0, 0.05) is 13.0 Å². The Morgan fingerprint density at radius 3 is 1.97 bits per heavy atom. The summed E-state index contributed by atoms with van der Waals surface area (Å²) in [6, 6.07) is -1.56. The second-order valence-corrected chi connectivity index (χ2v) is 9.02. The Balaban J connectivity index is 4.71. The van der Waals surface area contributed by atoms with Crippen molar-refractivity contribution >= 4 is 23.7 Å². The van der Waals surface area contributed by atoms with Crippen LogP contribution < -0.4 is 27.8 Å². The lowest BCUT2D eigenvalue weighted by atomic mass is 10.1. The quantitative estimate of drug-likeness (QED) is 0.0658. The highest BCUT2D eigenvalue weighted by Crippen LogP contribution is 2.11. The van der Waals surface area contributed by atoms with Gasteiger partial charge in [0.25, 0.3) is 0 Å². The highest BCUT2D eigenvalue weighted by Gasteiger charge is 2.26. The molecule has 35 heavy (non-hydrogen) atoms. The van der Waals surface area contributed by atoms with Crippen molar-refractivity contribution in [3.05, 3.63) is 0 Å². The van der Waals surface area contributed by atoms with Crippen LogP contribution in [0.4, 0.5) is 0 Å². The van der Waals surface area contributed by atoms with Gasteiger partial charge in [-0.3, -0.25) is 14.6 Å². The van der Waals surface area contributed by atoms with E-state index in [1.807, 2.05) is 0 Å². The maximum atomic E-state index is 12.9. The summed E-state index contributed by atoms with van der Waals surface area (Å²) < 4.78 is 4.82. The van der Waals surface area contributed by atoms with Crippen molar-refractivity contribution in [2.24, 2.45) is 22.2 Å². The third kappa shape index (κ3) is 18.6. The topological polar surface area (TPSA) is 175 Å². The van der Waals surface area contributed by atoms with Gasteiger partial charge in [-0.05, 0) is 45.1 Å². The molecule has 0 aliphatic heterocycles. The summed E-state index contributed by atoms with van der Waals surface area (Å²) in [6.45, 7) is 3.06. The molecular formula is C25H50N6O4. The first-order valence-corrected chi connectivity index (χ1v) is 13.3. The molecule has 0 fully saturated rings. The van der Waals surface area contributed by atoms with Crippen LogP contribution in [0.15, 0.2) is 4.99 Å². The first kappa shape index (κ1) is 32.6. The Bertz CT molecular complexity index is 611. The largest absolute Gasteiger partial charge is 0.467 e. The van der Waals surface area contributed by atoms with E-state index in [9.17, 15) is 14.4 Å². The van der Waals surface area contributed by atoms with Crippen molar-refractivity contribution in [2.75, 3.05) is 20.2 Å². The summed E-state index contributed by atoms with van der Waals surface area (Å²) in [7, 11) is 1.28. The van der Waals surface area contributed by atoms with Gasteiger partial charge in [-0.25, -0.2) is 4.79 Å². The molecule has 0 aliphatic carbocycles. The van der Waals surface area contributed by atoms with Gasteiger partial charge < -0.3 is 32.6 Å². The Morgan fingerprint density at radius 1 is 0.800 bits per heavy atom. The maximum absolute atomic E-state index is 12.9. The Kier molecular flexibility index (Phi) is 20.6. The van der Waals surface area contributed by atoms with Crippen molar-refractivity contribution in [1.82, 2.24) is 10.6 Å². The summed E-state index contributed by atoms with van der Waals surface area (Å²) >= 11 is 0. The fourth-order valence-electron chi connectivity index (χ4n) is 3.79. The second kappa shape index (κ2) is 22.1. The van der Waals surface area contributed by atoms with Gasteiger partial charge in [0.1, 0.15) is 12.1 Å². The van der Waals surface area contributed by atoms with Crippen LogP contribution in [-0.4, -0.2) is 56.0 Å². The fraction of sp³-hybridized carbons (Fsp3) is 0.840. The zero-order valence-electron chi connectivity index (χ0n) is 22.0. The molecule has 204 valence electrons. The number of rotatable bonds is 22. The Morgan fingerprint density at radius 2 is 1.40 bits per heavy atom. The lowest BCUT2D eigenvalue weighted by Gasteiger charge is -2.22. The first-order valence-electron chi connectivity index (χ1n) is 13.3. The van der Waals surface area contributed by atoms with E-state index in [-0.39, 0.29) is 11.9 Å². The standard InChI is InChI=1S/C25H50N6O4/c1-3-4-5-6-7-8-9-10-11-17-22(32)30-20(16-14-19-29-25(27)28)23(33)31-21(24(34)35-2)15-12-13-18-26/h20-21H,3-19,26H2,1-2H3,(H,30,32)(H,31,33)(H4,27,28,29)/t20-,21-/m0/s1. The third-order valence-corrected chi connectivity index (χ3v) is 5.85. The van der Waals surface area contributed by atoms with Gasteiger partial charge >= 0.3 is 5.97 Å². The van der Waals surface area contributed by atoms with Crippen LogP contribution in [0.25, 0.3) is 0 Å². The number of hydrogen-bond donors (Lipinski definition) is 5. The minimum atomic E-state index is -0.784. The molecule has 0 rings (SSSR count). The number of nitrogens with zero attached hydrogens (tertiary/aromatic N) is 1. The molecule has 0 aliphatic rings. The number of carbonyl (C=O) groups excluding carboxylic acids is 3. The maximum Gasteiger partial charge on any atom is 0.328 e. The van der Waals surface area contributed by atoms with Crippen molar-refractivity contribution in [1.29, 1.82) is 0 Å². The molecule has 0 saturated heterocycles. The average Bonchev–Trinajstić information content (AvgIpc) is 2.83. The molecular weight excluding hydrogens is 448 g/mol. The van der Waals surface area contributed by atoms with E-state index in [0.717, 1.165) is 25.7 Å². The molecule has 0 saturated carbocycles. The number of methoxy groups -OCH3 is 1. The SMILES string of the molecule is CCCCCCCCCCCC(=O)N[C@@H](CCCN=C(N)N)C(=O)N[C@@H](CCCCN)C(=O)OC. The number of aliphatic imine (C=N–C) groups is 1. The number of ether oxygens (including phenoxy) is 1. The van der Waals surface area contributed by atoms with E-state index in [4.69, 9.17) is 21.9 Å². The smallest absolute Gasteiger partial charge is 0.328 e. The monoisotopic (exact) mass is 498 g/mol. The lowest BCUT2D eigenvalue weighted by Crippen LogP contribution is -2.51. The van der Waals surface area contributed by atoms with Gasteiger partial charge in [0.05, 0.1) is 7.11 Å². The van der Waals surface area contributed by atoms with Crippen LogP contribution in [-0.2, 0) is 19.1 Å². The predicted octanol–water partition coefficient (Wildman–Crippen LogP) is 2.23. The number of esters is 1. The van der Waals surface area contributed by atoms with Gasteiger partial charge in [0.15, 0.2) is 5.96 Å². The Labute approximate surface area is 211 Å². The van der Waals surface area contributed by atoms with E-state index in [1.165, 1.54) is 45.6 Å². The zero-order valence-corrected chi connectivity index (χ0v) is 22.0. The lowest BCUT2D eigenvalue weighted by molar-refractivity contribution is -0.145. The van der Waals surface area contributed by atoms with Crippen molar-refractivity contribution < 1.29 is 19.1 Å². The van der Waals surface area contributed by atoms with Crippen molar-refractivity contribution in [3.63, 3.8) is 0 Å². The Hall–Kier alpha value is -2.36. The molecule has 0 unspecified atom stereocenters. The molecule has 2 amide bonds. The van der Waals surface area contributed by atoms with Crippen molar-refractivity contribution in [2.45, 2.75) is 115 Å². The number of guanidine groups is 1. The summed E-state index contributed by atoms with van der Waals surface area (Å²) in [5.41, 5.74) is 16.2.